The van der Waals surface area contributed by atoms with Crippen LogP contribution in [-0.2, 0) is 5.88 Å². The molecule has 0 fully saturated rings. The molecule has 0 aliphatic rings. The highest BCUT2D eigenvalue weighted by atomic mass is 79.9. The number of fused-ring (bicyclic) bond motifs is 1. The number of rotatable bonds is 2. The van der Waals surface area contributed by atoms with Gasteiger partial charge in [-0.1, -0.05) is 22.0 Å². The smallest absolute Gasteiger partial charge is 0.153 e. The fraction of sp³-hybridized carbons (Fsp3) is 0.133. The number of hydrogen-bond acceptors (Lipinski definition) is 1. The van der Waals surface area contributed by atoms with Crippen LogP contribution >= 0.6 is 27.5 Å². The fourth-order valence-electron chi connectivity index (χ4n) is 2.29. The Morgan fingerprint density at radius 2 is 2.00 bits per heavy atom. The van der Waals surface area contributed by atoms with Crippen molar-refractivity contribution in [3.63, 3.8) is 0 Å². The molecule has 0 amide bonds. The molecule has 0 radical (unpaired) electrons. The quantitative estimate of drug-likeness (QED) is 0.572. The van der Waals surface area contributed by atoms with E-state index in [-0.39, 0.29) is 11.6 Å². The van der Waals surface area contributed by atoms with Crippen LogP contribution in [0.2, 0.25) is 0 Å². The molecule has 0 atom stereocenters. The normalized spacial score (nSPS) is 11.3. The van der Waals surface area contributed by atoms with Crippen LogP contribution in [0.3, 0.4) is 0 Å². The Kier molecular flexibility index (Phi) is 3.71. The molecule has 0 saturated carbocycles. The van der Waals surface area contributed by atoms with Gasteiger partial charge in [-0.3, -0.25) is 4.57 Å². The van der Waals surface area contributed by atoms with Gasteiger partial charge in [0, 0.05) is 4.47 Å². The number of alkyl halides is 1. The van der Waals surface area contributed by atoms with Gasteiger partial charge >= 0.3 is 0 Å². The first kappa shape index (κ1) is 14.5. The van der Waals surface area contributed by atoms with Crippen molar-refractivity contribution in [3.8, 4) is 5.69 Å². The molecule has 3 aromatic rings. The number of aryl methyl sites for hydroxylation is 1. The highest BCUT2D eigenvalue weighted by Crippen LogP contribution is 2.29. The fourth-order valence-corrected chi connectivity index (χ4v) is 2.82. The molecule has 3 rings (SSSR count). The maximum atomic E-state index is 14.4. The van der Waals surface area contributed by atoms with Crippen molar-refractivity contribution in [1.82, 2.24) is 9.55 Å². The first-order valence-corrected chi connectivity index (χ1v) is 7.53. The van der Waals surface area contributed by atoms with Crippen LogP contribution in [0.15, 0.2) is 34.8 Å². The lowest BCUT2D eigenvalue weighted by Crippen LogP contribution is -2.06. The van der Waals surface area contributed by atoms with E-state index in [0.717, 1.165) is 4.47 Å². The third-order valence-electron chi connectivity index (χ3n) is 3.29. The summed E-state index contributed by atoms with van der Waals surface area (Å²) in [6.45, 7) is 1.59. The van der Waals surface area contributed by atoms with Crippen LogP contribution in [-0.4, -0.2) is 9.55 Å². The summed E-state index contributed by atoms with van der Waals surface area (Å²) in [5, 5.41) is 0. The van der Waals surface area contributed by atoms with Crippen molar-refractivity contribution < 1.29 is 8.78 Å². The molecule has 0 aliphatic carbocycles. The van der Waals surface area contributed by atoms with Crippen LogP contribution in [0.1, 0.15) is 11.4 Å². The number of hydrogen-bond donors (Lipinski definition) is 0. The van der Waals surface area contributed by atoms with Gasteiger partial charge < -0.3 is 0 Å². The first-order valence-electron chi connectivity index (χ1n) is 6.20. The van der Waals surface area contributed by atoms with Crippen LogP contribution < -0.4 is 0 Å². The van der Waals surface area contributed by atoms with Gasteiger partial charge in [0.15, 0.2) is 5.82 Å². The largest absolute Gasteiger partial charge is 0.290 e. The summed E-state index contributed by atoms with van der Waals surface area (Å²) >= 11 is 9.25. The Morgan fingerprint density at radius 3 is 2.71 bits per heavy atom. The van der Waals surface area contributed by atoms with Gasteiger partial charge in [-0.2, -0.15) is 0 Å². The zero-order chi connectivity index (χ0) is 15.1. The Hall–Kier alpha value is -1.46. The summed E-state index contributed by atoms with van der Waals surface area (Å²) < 4.78 is 30.9. The molecule has 0 saturated heterocycles. The molecule has 0 N–H and O–H groups in total. The Morgan fingerprint density at radius 1 is 1.24 bits per heavy atom. The second-order valence-electron chi connectivity index (χ2n) is 4.66. The molecular formula is C15H10BrClF2N2. The van der Waals surface area contributed by atoms with Crippen LogP contribution in [0.5, 0.6) is 0 Å². The van der Waals surface area contributed by atoms with Crippen molar-refractivity contribution in [1.29, 1.82) is 0 Å². The van der Waals surface area contributed by atoms with Crippen molar-refractivity contribution >= 4 is 38.6 Å². The molecule has 0 spiro atoms. The lowest BCUT2D eigenvalue weighted by Gasteiger charge is -2.11. The monoisotopic (exact) mass is 370 g/mol. The van der Waals surface area contributed by atoms with E-state index >= 15 is 0 Å². The second kappa shape index (κ2) is 5.39. The minimum absolute atomic E-state index is 0.0547. The maximum Gasteiger partial charge on any atom is 0.153 e. The average Bonchev–Trinajstić information content (AvgIpc) is 2.81. The highest BCUT2D eigenvalue weighted by Gasteiger charge is 2.19. The lowest BCUT2D eigenvalue weighted by molar-refractivity contribution is 0.563. The van der Waals surface area contributed by atoms with E-state index in [1.165, 1.54) is 16.7 Å². The van der Waals surface area contributed by atoms with E-state index in [4.69, 9.17) is 11.6 Å². The minimum atomic E-state index is -0.647. The molecule has 6 heteroatoms. The van der Waals surface area contributed by atoms with Gasteiger partial charge in [0.2, 0.25) is 0 Å². The summed E-state index contributed by atoms with van der Waals surface area (Å²) in [5.74, 6) is -0.803. The third-order valence-corrected chi connectivity index (χ3v) is 4.02. The van der Waals surface area contributed by atoms with Gasteiger partial charge in [0.1, 0.15) is 17.3 Å². The van der Waals surface area contributed by atoms with Gasteiger partial charge in [-0.05, 0) is 36.8 Å². The first-order chi connectivity index (χ1) is 10.0. The van der Waals surface area contributed by atoms with Gasteiger partial charge in [-0.25, -0.2) is 13.8 Å². The van der Waals surface area contributed by atoms with Gasteiger partial charge in [0.25, 0.3) is 0 Å². The summed E-state index contributed by atoms with van der Waals surface area (Å²) in [6.07, 6.45) is 0. The van der Waals surface area contributed by atoms with Gasteiger partial charge in [-0.15, -0.1) is 11.6 Å². The molecule has 2 nitrogen and oxygen atoms in total. The van der Waals surface area contributed by atoms with Crippen LogP contribution in [0.25, 0.3) is 16.7 Å². The van der Waals surface area contributed by atoms with E-state index in [0.29, 0.717) is 22.4 Å². The Bertz CT molecular complexity index is 845. The number of halogens is 4. The Balaban J connectivity index is 2.42. The number of nitrogens with zero attached hydrogens (tertiary/aromatic N) is 2. The molecule has 0 bridgehead atoms. The standard InChI is InChI=1S/C15H10BrClF2N2/c1-8-2-4-10(18)15(14(8)19)21-12-5-3-9(16)6-11(12)20-13(21)7-17/h2-6H,7H2,1H3. The topological polar surface area (TPSA) is 17.8 Å². The second-order valence-corrected chi connectivity index (χ2v) is 5.84. The molecule has 2 aromatic carbocycles. The van der Waals surface area contributed by atoms with Crippen molar-refractivity contribution in [3.05, 3.63) is 57.8 Å². The molecule has 21 heavy (non-hydrogen) atoms. The molecule has 0 aliphatic heterocycles. The van der Waals surface area contributed by atoms with Crippen molar-refractivity contribution in [2.45, 2.75) is 12.8 Å². The zero-order valence-electron chi connectivity index (χ0n) is 11.0. The summed E-state index contributed by atoms with van der Waals surface area (Å²) in [4.78, 5) is 4.35. The molecular weight excluding hydrogens is 362 g/mol. The van der Waals surface area contributed by atoms with E-state index in [2.05, 4.69) is 20.9 Å². The van der Waals surface area contributed by atoms with Gasteiger partial charge in [0.05, 0.1) is 16.9 Å². The number of aromatic nitrogens is 2. The molecule has 1 heterocycles. The van der Waals surface area contributed by atoms with Crippen LogP contribution in [0, 0.1) is 18.6 Å². The molecule has 1 aromatic heterocycles. The number of imidazole rings is 1. The average molecular weight is 372 g/mol. The lowest BCUT2D eigenvalue weighted by atomic mass is 10.2. The molecule has 108 valence electrons. The summed E-state index contributed by atoms with van der Waals surface area (Å²) in [5.41, 5.74) is 1.46. The van der Waals surface area contributed by atoms with Crippen LogP contribution in [0.4, 0.5) is 8.78 Å². The number of benzene rings is 2. The Labute approximate surface area is 133 Å². The summed E-state index contributed by atoms with van der Waals surface area (Å²) in [7, 11) is 0. The van der Waals surface area contributed by atoms with E-state index in [1.54, 1.807) is 25.1 Å². The van der Waals surface area contributed by atoms with Crippen molar-refractivity contribution in [2.75, 3.05) is 0 Å². The predicted molar refractivity (Wildman–Crippen MR) is 83.0 cm³/mol. The third kappa shape index (κ3) is 2.34. The SMILES string of the molecule is Cc1ccc(F)c(-n2c(CCl)nc3cc(Br)ccc32)c1F. The van der Waals surface area contributed by atoms with E-state index in [1.807, 2.05) is 0 Å². The minimum Gasteiger partial charge on any atom is -0.290 e. The van der Waals surface area contributed by atoms with Crippen molar-refractivity contribution in [2.24, 2.45) is 0 Å². The maximum absolute atomic E-state index is 14.4. The highest BCUT2D eigenvalue weighted by molar-refractivity contribution is 9.10. The van der Waals surface area contributed by atoms with E-state index in [9.17, 15) is 8.78 Å². The van der Waals surface area contributed by atoms with E-state index < -0.39 is 11.6 Å². The zero-order valence-corrected chi connectivity index (χ0v) is 13.3. The predicted octanol–water partition coefficient (Wildman–Crippen LogP) is 5.11. The molecule has 0 unspecified atom stereocenters. The summed E-state index contributed by atoms with van der Waals surface area (Å²) in [6, 6.07) is 7.99.